The summed E-state index contributed by atoms with van der Waals surface area (Å²) in [6, 6.07) is 3.83. The fourth-order valence-electron chi connectivity index (χ4n) is 1.04. The second-order valence-electron chi connectivity index (χ2n) is 3.11. The quantitative estimate of drug-likeness (QED) is 0.801. The minimum Gasteiger partial charge on any atom is -0.349 e. The molecule has 1 aliphatic rings. The lowest BCUT2D eigenvalue weighted by Crippen LogP contribution is -2.25. The Kier molecular flexibility index (Phi) is 2.31. The van der Waals surface area contributed by atoms with E-state index in [4.69, 9.17) is 0 Å². The van der Waals surface area contributed by atoms with Gasteiger partial charge in [-0.1, -0.05) is 0 Å². The second-order valence-corrected chi connectivity index (χ2v) is 3.93. The van der Waals surface area contributed by atoms with E-state index in [0.717, 1.165) is 12.8 Å². The minimum absolute atomic E-state index is 0.00870. The lowest BCUT2D eigenvalue weighted by atomic mass is 10.2. The average Bonchev–Trinajstić information content (AvgIpc) is 2.88. The van der Waals surface area contributed by atoms with Crippen molar-refractivity contribution in [1.82, 2.24) is 10.3 Å². The first kappa shape index (κ1) is 8.69. The summed E-state index contributed by atoms with van der Waals surface area (Å²) in [6.45, 7) is 0. The normalized spacial score (nSPS) is 15.5. The smallest absolute Gasteiger partial charge is 0.251 e. The van der Waals surface area contributed by atoms with Crippen molar-refractivity contribution in [2.24, 2.45) is 0 Å². The molecule has 3 nitrogen and oxygen atoms in total. The van der Waals surface area contributed by atoms with Crippen LogP contribution in [0.3, 0.4) is 0 Å². The highest BCUT2D eigenvalue weighted by molar-refractivity contribution is 9.10. The molecule has 1 N–H and O–H groups in total. The molecule has 68 valence electrons. The van der Waals surface area contributed by atoms with Gasteiger partial charge in [0, 0.05) is 17.8 Å². The first-order chi connectivity index (χ1) is 6.25. The summed E-state index contributed by atoms with van der Waals surface area (Å²) in [6.07, 6.45) is 3.84. The molecule has 1 saturated carbocycles. The lowest BCUT2D eigenvalue weighted by molar-refractivity contribution is 0.0951. The number of carbonyl (C=O) groups is 1. The van der Waals surface area contributed by atoms with Gasteiger partial charge in [-0.25, -0.2) is 4.98 Å². The van der Waals surface area contributed by atoms with Crippen LogP contribution in [-0.4, -0.2) is 16.9 Å². The SMILES string of the molecule is O=C(NC1CC1)c1ccnc(Br)c1. The minimum atomic E-state index is -0.00870. The van der Waals surface area contributed by atoms with Gasteiger partial charge in [0.2, 0.25) is 0 Å². The lowest BCUT2D eigenvalue weighted by Gasteiger charge is -2.02. The molecule has 0 bridgehead atoms. The van der Waals surface area contributed by atoms with Crippen LogP contribution in [0.15, 0.2) is 22.9 Å². The molecular formula is C9H9BrN2O. The Bertz CT molecular complexity index is 336. The highest BCUT2D eigenvalue weighted by Gasteiger charge is 2.23. The molecule has 0 radical (unpaired) electrons. The molecule has 13 heavy (non-hydrogen) atoms. The molecule has 0 unspecified atom stereocenters. The number of pyridine rings is 1. The number of hydrogen-bond donors (Lipinski definition) is 1. The van der Waals surface area contributed by atoms with Gasteiger partial charge in [-0.2, -0.15) is 0 Å². The molecule has 2 rings (SSSR count). The molecule has 1 fully saturated rings. The maximum atomic E-state index is 11.5. The van der Waals surface area contributed by atoms with Gasteiger partial charge in [-0.15, -0.1) is 0 Å². The van der Waals surface area contributed by atoms with E-state index in [0.29, 0.717) is 16.2 Å². The van der Waals surface area contributed by atoms with E-state index in [1.807, 2.05) is 0 Å². The zero-order valence-corrected chi connectivity index (χ0v) is 8.54. The van der Waals surface area contributed by atoms with Crippen LogP contribution in [0.1, 0.15) is 23.2 Å². The first-order valence-corrected chi connectivity index (χ1v) is 4.97. The van der Waals surface area contributed by atoms with Crippen molar-refractivity contribution in [2.45, 2.75) is 18.9 Å². The monoisotopic (exact) mass is 240 g/mol. The van der Waals surface area contributed by atoms with Crippen LogP contribution in [0, 0.1) is 0 Å². The van der Waals surface area contributed by atoms with Crippen LogP contribution in [0.5, 0.6) is 0 Å². The van der Waals surface area contributed by atoms with Crippen LogP contribution < -0.4 is 5.32 Å². The summed E-state index contributed by atoms with van der Waals surface area (Å²) in [7, 11) is 0. The van der Waals surface area contributed by atoms with E-state index in [-0.39, 0.29) is 5.91 Å². The Morgan fingerprint density at radius 1 is 1.62 bits per heavy atom. The summed E-state index contributed by atoms with van der Waals surface area (Å²) in [4.78, 5) is 15.4. The van der Waals surface area contributed by atoms with Crippen LogP contribution in [0.25, 0.3) is 0 Å². The topological polar surface area (TPSA) is 42.0 Å². The Morgan fingerprint density at radius 2 is 2.38 bits per heavy atom. The molecule has 1 amide bonds. The van der Waals surface area contributed by atoms with Crippen molar-refractivity contribution in [2.75, 3.05) is 0 Å². The molecule has 1 aromatic rings. The van der Waals surface area contributed by atoms with Gasteiger partial charge < -0.3 is 5.32 Å². The largest absolute Gasteiger partial charge is 0.349 e. The van der Waals surface area contributed by atoms with E-state index in [1.54, 1.807) is 18.3 Å². The van der Waals surface area contributed by atoms with Crippen molar-refractivity contribution in [3.05, 3.63) is 28.5 Å². The number of nitrogens with zero attached hydrogens (tertiary/aromatic N) is 1. The third-order valence-corrected chi connectivity index (χ3v) is 2.33. The summed E-state index contributed by atoms with van der Waals surface area (Å²) < 4.78 is 0.691. The molecule has 0 saturated heterocycles. The van der Waals surface area contributed by atoms with E-state index in [9.17, 15) is 4.79 Å². The number of rotatable bonds is 2. The first-order valence-electron chi connectivity index (χ1n) is 4.18. The van der Waals surface area contributed by atoms with Crippen molar-refractivity contribution in [3.63, 3.8) is 0 Å². The van der Waals surface area contributed by atoms with Gasteiger partial charge in [0.15, 0.2) is 0 Å². The van der Waals surface area contributed by atoms with Crippen LogP contribution in [0.2, 0.25) is 0 Å². The Balaban J connectivity index is 2.09. The average molecular weight is 241 g/mol. The van der Waals surface area contributed by atoms with Gasteiger partial charge in [0.25, 0.3) is 5.91 Å². The van der Waals surface area contributed by atoms with E-state index < -0.39 is 0 Å². The van der Waals surface area contributed by atoms with Crippen molar-refractivity contribution < 1.29 is 4.79 Å². The number of carbonyl (C=O) groups excluding carboxylic acids is 1. The molecule has 0 aliphatic heterocycles. The van der Waals surface area contributed by atoms with Gasteiger partial charge in [-0.3, -0.25) is 4.79 Å². The molecular weight excluding hydrogens is 232 g/mol. The predicted molar refractivity (Wildman–Crippen MR) is 52.4 cm³/mol. The maximum Gasteiger partial charge on any atom is 0.251 e. The molecule has 1 aliphatic carbocycles. The maximum absolute atomic E-state index is 11.5. The summed E-state index contributed by atoms with van der Waals surface area (Å²) >= 11 is 3.22. The van der Waals surface area contributed by atoms with Crippen molar-refractivity contribution >= 4 is 21.8 Å². The molecule has 4 heteroatoms. The molecule has 0 atom stereocenters. The Hall–Kier alpha value is -0.900. The van der Waals surface area contributed by atoms with E-state index >= 15 is 0 Å². The highest BCUT2D eigenvalue weighted by Crippen LogP contribution is 2.19. The molecule has 1 aromatic heterocycles. The van der Waals surface area contributed by atoms with Crippen LogP contribution in [-0.2, 0) is 0 Å². The zero-order chi connectivity index (χ0) is 9.26. The Labute approximate surface area is 84.7 Å². The number of aromatic nitrogens is 1. The van der Waals surface area contributed by atoms with Gasteiger partial charge in [-0.05, 0) is 40.9 Å². The summed E-state index contributed by atoms with van der Waals surface area (Å²) in [5, 5.41) is 2.91. The predicted octanol–water partition coefficient (Wildman–Crippen LogP) is 1.74. The van der Waals surface area contributed by atoms with Crippen LogP contribution >= 0.6 is 15.9 Å². The number of hydrogen-bond acceptors (Lipinski definition) is 2. The van der Waals surface area contributed by atoms with Gasteiger partial charge in [0.1, 0.15) is 4.60 Å². The van der Waals surface area contributed by atoms with Gasteiger partial charge >= 0.3 is 0 Å². The van der Waals surface area contributed by atoms with Gasteiger partial charge in [0.05, 0.1) is 0 Å². The number of nitrogens with one attached hydrogen (secondary N) is 1. The summed E-state index contributed by atoms with van der Waals surface area (Å²) in [5.41, 5.74) is 0.661. The highest BCUT2D eigenvalue weighted by atomic mass is 79.9. The number of amides is 1. The Morgan fingerprint density at radius 3 is 3.00 bits per heavy atom. The molecule has 0 aromatic carbocycles. The van der Waals surface area contributed by atoms with Crippen LogP contribution in [0.4, 0.5) is 0 Å². The third-order valence-electron chi connectivity index (χ3n) is 1.90. The fraction of sp³-hybridized carbons (Fsp3) is 0.333. The molecule has 1 heterocycles. The summed E-state index contributed by atoms with van der Waals surface area (Å²) in [5.74, 6) is -0.00870. The van der Waals surface area contributed by atoms with Crippen molar-refractivity contribution in [3.8, 4) is 0 Å². The zero-order valence-electron chi connectivity index (χ0n) is 6.96. The fourth-order valence-corrected chi connectivity index (χ4v) is 1.40. The van der Waals surface area contributed by atoms with Crippen molar-refractivity contribution in [1.29, 1.82) is 0 Å². The van der Waals surface area contributed by atoms with E-state index in [1.165, 1.54) is 0 Å². The number of halogens is 1. The van der Waals surface area contributed by atoms with E-state index in [2.05, 4.69) is 26.2 Å². The molecule has 0 spiro atoms. The standard InChI is InChI=1S/C9H9BrN2O/c10-8-5-6(3-4-11-8)9(13)12-7-1-2-7/h3-5,7H,1-2H2,(H,12,13). The third kappa shape index (κ3) is 2.28. The second kappa shape index (κ2) is 3.46.